The monoisotopic (exact) mass is 519 g/mol. The number of benzene rings is 1. The first-order valence-corrected chi connectivity index (χ1v) is 12.1. The van der Waals surface area contributed by atoms with Crippen LogP contribution < -0.4 is 10.4 Å². The van der Waals surface area contributed by atoms with Crippen molar-refractivity contribution in [2.45, 2.75) is 79.1 Å². The average Bonchev–Trinajstić information content (AvgIpc) is 3.12. The Bertz CT molecular complexity index is 1240. The van der Waals surface area contributed by atoms with Gasteiger partial charge in [0.2, 0.25) is 11.5 Å². The van der Waals surface area contributed by atoms with Gasteiger partial charge in [-0.25, -0.2) is 4.68 Å². The molecule has 0 spiro atoms. The maximum absolute atomic E-state index is 13.3. The summed E-state index contributed by atoms with van der Waals surface area (Å²) in [7, 11) is 0. The molecule has 0 aliphatic carbocycles. The number of carbonyl (C=O) groups excluding carboxylic acids is 1. The molecule has 36 heavy (non-hydrogen) atoms. The van der Waals surface area contributed by atoms with Gasteiger partial charge in [-0.1, -0.05) is 40.7 Å². The number of halogens is 1. The normalized spacial score (nSPS) is 11.7. The van der Waals surface area contributed by atoms with Crippen LogP contribution in [0.2, 0.25) is 0 Å². The fraction of sp³-hybridized carbons (Fsp3) is 0.538. The minimum absolute atomic E-state index is 0. The van der Waals surface area contributed by atoms with Gasteiger partial charge in [0.1, 0.15) is 6.54 Å². The number of aliphatic hydroxyl groups is 1. The SMILES string of the molecule is CCC(CC)Oc1cc(C)c2nn(CC(=O)c3cc(COCCO)cc(C(C)(C)C)c3)c(=N)n2n1.Cl. The maximum Gasteiger partial charge on any atom is 0.242 e. The van der Waals surface area contributed by atoms with Crippen molar-refractivity contribution in [2.75, 3.05) is 13.2 Å². The lowest BCUT2D eigenvalue weighted by Crippen LogP contribution is -2.27. The smallest absolute Gasteiger partial charge is 0.242 e. The van der Waals surface area contributed by atoms with Crippen molar-refractivity contribution in [1.82, 2.24) is 19.4 Å². The fourth-order valence-corrected chi connectivity index (χ4v) is 3.78. The third-order valence-corrected chi connectivity index (χ3v) is 5.93. The van der Waals surface area contributed by atoms with Crippen molar-refractivity contribution in [1.29, 1.82) is 5.41 Å². The number of aliphatic hydroxyl groups excluding tert-OH is 1. The summed E-state index contributed by atoms with van der Waals surface area (Å²) in [6, 6.07) is 7.54. The molecule has 2 aromatic heterocycles. The van der Waals surface area contributed by atoms with Crippen LogP contribution in [-0.4, -0.2) is 49.6 Å². The summed E-state index contributed by atoms with van der Waals surface area (Å²) in [5.74, 6) is 0.283. The lowest BCUT2D eigenvalue weighted by molar-refractivity contribution is 0.0813. The van der Waals surface area contributed by atoms with Crippen LogP contribution in [0.3, 0.4) is 0 Å². The Balaban J connectivity index is 0.00000456. The van der Waals surface area contributed by atoms with Gasteiger partial charge in [0.15, 0.2) is 11.4 Å². The first kappa shape index (κ1) is 29.5. The first-order chi connectivity index (χ1) is 16.6. The van der Waals surface area contributed by atoms with Crippen molar-refractivity contribution in [3.8, 4) is 5.88 Å². The lowest BCUT2D eigenvalue weighted by atomic mass is 9.84. The first-order valence-electron chi connectivity index (χ1n) is 12.1. The summed E-state index contributed by atoms with van der Waals surface area (Å²) < 4.78 is 14.2. The Labute approximate surface area is 218 Å². The number of aryl methyl sites for hydroxylation is 1. The van der Waals surface area contributed by atoms with E-state index in [9.17, 15) is 4.79 Å². The molecule has 0 saturated heterocycles. The highest BCUT2D eigenvalue weighted by atomic mass is 35.5. The number of carbonyl (C=O) groups is 1. The second-order valence-electron chi connectivity index (χ2n) is 9.81. The Hall–Kier alpha value is -2.75. The number of hydrogen-bond acceptors (Lipinski definition) is 7. The summed E-state index contributed by atoms with van der Waals surface area (Å²) in [4.78, 5) is 13.3. The molecular formula is C26H38ClN5O4. The predicted molar refractivity (Wildman–Crippen MR) is 140 cm³/mol. The van der Waals surface area contributed by atoms with Crippen LogP contribution in [-0.2, 0) is 23.3 Å². The molecule has 10 heteroatoms. The zero-order chi connectivity index (χ0) is 25.8. The number of Topliss-reactive ketones (excluding diaryl/α,β-unsaturated/α-hetero) is 1. The fourth-order valence-electron chi connectivity index (χ4n) is 3.78. The van der Waals surface area contributed by atoms with E-state index < -0.39 is 0 Å². The number of hydrogen-bond donors (Lipinski definition) is 2. The molecular weight excluding hydrogens is 482 g/mol. The average molecular weight is 520 g/mol. The second-order valence-corrected chi connectivity index (χ2v) is 9.81. The van der Waals surface area contributed by atoms with Crippen molar-refractivity contribution in [3.63, 3.8) is 0 Å². The minimum atomic E-state index is -0.162. The van der Waals surface area contributed by atoms with Gasteiger partial charge >= 0.3 is 0 Å². The van der Waals surface area contributed by atoms with E-state index in [0.717, 1.165) is 29.5 Å². The number of nitrogens with zero attached hydrogens (tertiary/aromatic N) is 4. The number of nitrogens with one attached hydrogen (secondary N) is 1. The quantitative estimate of drug-likeness (QED) is 0.292. The molecule has 0 amide bonds. The molecule has 0 fully saturated rings. The van der Waals surface area contributed by atoms with Crippen LogP contribution in [0.15, 0.2) is 24.3 Å². The summed E-state index contributed by atoms with van der Waals surface area (Å²) >= 11 is 0. The van der Waals surface area contributed by atoms with E-state index in [2.05, 4.69) is 44.8 Å². The molecule has 1 aromatic carbocycles. The Morgan fingerprint density at radius 2 is 1.83 bits per heavy atom. The molecule has 9 nitrogen and oxygen atoms in total. The molecule has 0 radical (unpaired) electrons. The van der Waals surface area contributed by atoms with Crippen LogP contribution in [0.5, 0.6) is 5.88 Å². The zero-order valence-corrected chi connectivity index (χ0v) is 22.8. The van der Waals surface area contributed by atoms with Gasteiger partial charge < -0.3 is 14.6 Å². The van der Waals surface area contributed by atoms with Crippen LogP contribution in [0, 0.1) is 12.3 Å². The van der Waals surface area contributed by atoms with E-state index in [0.29, 0.717) is 23.7 Å². The van der Waals surface area contributed by atoms with Crippen LogP contribution in [0.1, 0.15) is 74.5 Å². The highest BCUT2D eigenvalue weighted by molar-refractivity contribution is 5.96. The predicted octanol–water partition coefficient (Wildman–Crippen LogP) is 4.00. The molecule has 3 rings (SSSR count). The number of fused-ring (bicyclic) bond motifs is 1. The summed E-state index contributed by atoms with van der Waals surface area (Å²) in [6.45, 7) is 12.7. The molecule has 2 heterocycles. The van der Waals surface area contributed by atoms with E-state index >= 15 is 0 Å². The van der Waals surface area contributed by atoms with E-state index in [1.807, 2.05) is 25.1 Å². The maximum atomic E-state index is 13.3. The number of ketones is 1. The third kappa shape index (κ3) is 6.93. The van der Waals surface area contributed by atoms with Crippen molar-refractivity contribution in [3.05, 3.63) is 52.1 Å². The van der Waals surface area contributed by atoms with Crippen molar-refractivity contribution >= 4 is 23.8 Å². The van der Waals surface area contributed by atoms with Crippen LogP contribution in [0.25, 0.3) is 5.65 Å². The van der Waals surface area contributed by atoms with E-state index in [1.54, 1.807) is 6.07 Å². The molecule has 0 aliphatic heterocycles. The summed E-state index contributed by atoms with van der Waals surface area (Å²) in [5.41, 5.74) is 3.58. The minimum Gasteiger partial charge on any atom is -0.473 e. The van der Waals surface area contributed by atoms with Crippen molar-refractivity contribution in [2.24, 2.45) is 0 Å². The highest BCUT2D eigenvalue weighted by Crippen LogP contribution is 2.25. The van der Waals surface area contributed by atoms with Gasteiger partial charge in [0, 0.05) is 17.2 Å². The van der Waals surface area contributed by atoms with Gasteiger partial charge in [0.05, 0.1) is 25.9 Å². The Morgan fingerprint density at radius 3 is 2.44 bits per heavy atom. The second kappa shape index (κ2) is 12.5. The molecule has 0 atom stereocenters. The van der Waals surface area contributed by atoms with Gasteiger partial charge in [0.25, 0.3) is 0 Å². The lowest BCUT2D eigenvalue weighted by Gasteiger charge is -2.21. The number of aromatic nitrogens is 4. The Morgan fingerprint density at radius 1 is 1.14 bits per heavy atom. The Kier molecular flexibility index (Phi) is 10.2. The molecule has 198 valence electrons. The standard InChI is InChI=1S/C26H37N5O4.ClH/c1-7-21(8-2)35-23-11-17(3)24-29-30(25(27)31(24)28-23)15-22(33)19-12-18(16-34-10-9-32)13-20(14-19)26(4,5)6;/h11-14,21,27,32H,7-10,15-16H2,1-6H3;1H. The highest BCUT2D eigenvalue weighted by Gasteiger charge is 2.20. The number of ether oxygens (including phenoxy) is 2. The molecule has 2 N–H and O–H groups in total. The molecule has 0 aliphatic rings. The molecule has 0 unspecified atom stereocenters. The molecule has 0 bridgehead atoms. The van der Waals surface area contributed by atoms with Gasteiger partial charge in [-0.05, 0) is 48.4 Å². The van der Waals surface area contributed by atoms with E-state index in [-0.39, 0.29) is 55.1 Å². The molecule has 0 saturated carbocycles. The summed E-state index contributed by atoms with van der Waals surface area (Å²) in [5, 5.41) is 26.5. The van der Waals surface area contributed by atoms with Gasteiger partial charge in [-0.2, -0.15) is 4.52 Å². The zero-order valence-electron chi connectivity index (χ0n) is 22.0. The topological polar surface area (TPSA) is 115 Å². The van der Waals surface area contributed by atoms with Crippen LogP contribution in [0.4, 0.5) is 0 Å². The summed E-state index contributed by atoms with van der Waals surface area (Å²) in [6.07, 6.45) is 1.78. The van der Waals surface area contributed by atoms with E-state index in [4.69, 9.17) is 20.0 Å². The van der Waals surface area contributed by atoms with Crippen LogP contribution >= 0.6 is 12.4 Å². The van der Waals surface area contributed by atoms with Gasteiger partial charge in [-0.15, -0.1) is 22.6 Å². The largest absolute Gasteiger partial charge is 0.473 e. The van der Waals surface area contributed by atoms with E-state index in [1.165, 1.54) is 9.20 Å². The number of rotatable bonds is 11. The van der Waals surface area contributed by atoms with Crippen molar-refractivity contribution < 1.29 is 19.4 Å². The third-order valence-electron chi connectivity index (χ3n) is 5.93. The molecule has 3 aromatic rings. The van der Waals surface area contributed by atoms with Gasteiger partial charge in [-0.3, -0.25) is 10.2 Å².